The number of phenolic OH excluding ortho intramolecular Hbond substituents is 2. The van der Waals surface area contributed by atoms with Gasteiger partial charge in [-0.05, 0) is 19.1 Å². The molecule has 1 aromatic rings. The Morgan fingerprint density at radius 3 is 2.76 bits per heavy atom. The number of benzene rings is 1. The molecule has 1 aliphatic heterocycles. The molecule has 2 rings (SSSR count). The maximum atomic E-state index is 11.0. The second-order valence-corrected chi connectivity index (χ2v) is 4.92. The number of thioether (sulfide) groups is 1. The molecule has 0 aliphatic carbocycles. The fourth-order valence-electron chi connectivity index (χ4n) is 1.45. The van der Waals surface area contributed by atoms with Crippen LogP contribution in [-0.2, 0) is 4.79 Å². The van der Waals surface area contributed by atoms with E-state index in [-0.39, 0.29) is 11.5 Å². The number of aliphatic carboxylic acids is 1. The van der Waals surface area contributed by atoms with E-state index in [2.05, 4.69) is 4.99 Å². The van der Waals surface area contributed by atoms with E-state index in [4.69, 9.17) is 5.11 Å². The lowest BCUT2D eigenvalue weighted by atomic mass is 10.1. The van der Waals surface area contributed by atoms with E-state index in [1.165, 1.54) is 24.8 Å². The van der Waals surface area contributed by atoms with Crippen LogP contribution in [0.5, 0.6) is 11.5 Å². The third kappa shape index (κ3) is 1.95. The normalized spacial score (nSPS) is 23.5. The smallest absolute Gasteiger partial charge is 0.332 e. The van der Waals surface area contributed by atoms with E-state index >= 15 is 0 Å². The summed E-state index contributed by atoms with van der Waals surface area (Å²) in [6.45, 7) is 1.52. The highest BCUT2D eigenvalue weighted by atomic mass is 32.2. The number of phenols is 2. The first-order chi connectivity index (χ1) is 7.94. The highest BCUT2D eigenvalue weighted by Crippen LogP contribution is 2.37. The van der Waals surface area contributed by atoms with Gasteiger partial charge in [0.05, 0.1) is 5.56 Å². The fraction of sp³-hybridized carbons (Fsp3) is 0.273. The van der Waals surface area contributed by atoms with Crippen LogP contribution in [0.15, 0.2) is 23.2 Å². The van der Waals surface area contributed by atoms with Crippen molar-refractivity contribution >= 4 is 22.8 Å². The fourth-order valence-corrected chi connectivity index (χ4v) is 2.64. The maximum Gasteiger partial charge on any atom is 0.332 e. The molecular formula is C11H11NO4S. The number of carbonyl (C=O) groups is 1. The topological polar surface area (TPSA) is 90.1 Å². The molecule has 0 saturated carbocycles. The zero-order chi connectivity index (χ0) is 12.6. The Morgan fingerprint density at radius 2 is 2.18 bits per heavy atom. The van der Waals surface area contributed by atoms with E-state index in [1.807, 2.05) is 0 Å². The molecule has 1 aliphatic rings. The van der Waals surface area contributed by atoms with Crippen LogP contribution in [0.2, 0.25) is 0 Å². The van der Waals surface area contributed by atoms with E-state index in [9.17, 15) is 15.0 Å². The predicted octanol–water partition coefficient (Wildman–Crippen LogP) is 1.43. The average molecular weight is 253 g/mol. The van der Waals surface area contributed by atoms with Gasteiger partial charge in [-0.3, -0.25) is 4.99 Å². The Balaban J connectivity index is 2.43. The second-order valence-electron chi connectivity index (χ2n) is 3.96. The Bertz CT molecular complexity index is 514. The minimum Gasteiger partial charge on any atom is -0.504 e. The Morgan fingerprint density at radius 1 is 1.47 bits per heavy atom. The molecule has 1 heterocycles. The quantitative estimate of drug-likeness (QED) is 0.694. The van der Waals surface area contributed by atoms with Gasteiger partial charge < -0.3 is 15.3 Å². The van der Waals surface area contributed by atoms with Crippen LogP contribution in [0.3, 0.4) is 0 Å². The number of rotatable bonds is 2. The van der Waals surface area contributed by atoms with Crippen LogP contribution in [0.4, 0.5) is 0 Å². The van der Waals surface area contributed by atoms with Crippen molar-refractivity contribution < 1.29 is 20.1 Å². The standard InChI is InChI=1S/C11H11NO4S/c1-11(10(15)16)5-17-9(12-11)6-3-2-4-7(13)8(6)14/h2-4,13-14H,5H2,1H3,(H,15,16)/t11-/m1/s1. The lowest BCUT2D eigenvalue weighted by molar-refractivity contribution is -0.141. The second kappa shape index (κ2) is 3.96. The molecule has 0 amide bonds. The van der Waals surface area contributed by atoms with Gasteiger partial charge in [-0.1, -0.05) is 6.07 Å². The van der Waals surface area contributed by atoms with Crippen molar-refractivity contribution in [3.8, 4) is 11.5 Å². The molecule has 0 spiro atoms. The highest BCUT2D eigenvalue weighted by Gasteiger charge is 2.39. The number of aliphatic imine (C=N–C) groups is 1. The third-order valence-electron chi connectivity index (χ3n) is 2.54. The molecule has 0 saturated heterocycles. The number of para-hydroxylation sites is 1. The molecule has 0 bridgehead atoms. The number of hydrogen-bond donors (Lipinski definition) is 3. The molecule has 0 aromatic heterocycles. The highest BCUT2D eigenvalue weighted by molar-refractivity contribution is 8.14. The van der Waals surface area contributed by atoms with Gasteiger partial charge in [0, 0.05) is 5.75 Å². The van der Waals surface area contributed by atoms with Crippen LogP contribution >= 0.6 is 11.8 Å². The van der Waals surface area contributed by atoms with Crippen LogP contribution in [0, 0.1) is 0 Å². The van der Waals surface area contributed by atoms with Gasteiger partial charge in [0.25, 0.3) is 0 Å². The summed E-state index contributed by atoms with van der Waals surface area (Å²) in [5.74, 6) is -1.20. The summed E-state index contributed by atoms with van der Waals surface area (Å²) in [7, 11) is 0. The minimum absolute atomic E-state index is 0.241. The molecule has 6 heteroatoms. The first-order valence-electron chi connectivity index (χ1n) is 4.91. The Kier molecular flexibility index (Phi) is 2.74. The summed E-state index contributed by atoms with van der Waals surface area (Å²) in [6, 6.07) is 4.52. The van der Waals surface area contributed by atoms with Crippen molar-refractivity contribution in [3.63, 3.8) is 0 Å². The molecule has 1 atom stereocenters. The summed E-state index contributed by atoms with van der Waals surface area (Å²) in [5.41, 5.74) is -0.808. The van der Waals surface area contributed by atoms with Crippen LogP contribution in [0.1, 0.15) is 12.5 Å². The molecule has 0 unspecified atom stereocenters. The number of aromatic hydroxyl groups is 2. The Hall–Kier alpha value is -1.69. The van der Waals surface area contributed by atoms with Gasteiger partial charge in [-0.2, -0.15) is 0 Å². The SMILES string of the molecule is C[C@]1(C(=O)O)CSC(c2cccc(O)c2O)=N1. The third-order valence-corrected chi connectivity index (χ3v) is 3.84. The van der Waals surface area contributed by atoms with Gasteiger partial charge in [0.1, 0.15) is 5.04 Å². The van der Waals surface area contributed by atoms with Gasteiger partial charge >= 0.3 is 5.97 Å². The molecule has 0 fully saturated rings. The number of carboxylic acid groups (broad SMARTS) is 1. The van der Waals surface area contributed by atoms with Gasteiger partial charge in [0.2, 0.25) is 0 Å². The Labute approximate surface area is 102 Å². The van der Waals surface area contributed by atoms with E-state index in [0.29, 0.717) is 16.4 Å². The predicted molar refractivity (Wildman–Crippen MR) is 64.8 cm³/mol. The van der Waals surface area contributed by atoms with Crippen molar-refractivity contribution in [1.82, 2.24) is 0 Å². The van der Waals surface area contributed by atoms with Gasteiger partial charge in [-0.25, -0.2) is 4.79 Å². The van der Waals surface area contributed by atoms with Crippen molar-refractivity contribution in [2.75, 3.05) is 5.75 Å². The number of hydrogen-bond acceptors (Lipinski definition) is 5. The summed E-state index contributed by atoms with van der Waals surface area (Å²) < 4.78 is 0. The monoisotopic (exact) mass is 253 g/mol. The maximum absolute atomic E-state index is 11.0. The minimum atomic E-state index is -1.17. The summed E-state index contributed by atoms with van der Waals surface area (Å²) in [6.07, 6.45) is 0. The first kappa shape index (κ1) is 11.8. The molecule has 1 aromatic carbocycles. The van der Waals surface area contributed by atoms with Crippen molar-refractivity contribution in [2.45, 2.75) is 12.5 Å². The lowest BCUT2D eigenvalue weighted by Crippen LogP contribution is -2.33. The molecule has 17 heavy (non-hydrogen) atoms. The molecule has 0 radical (unpaired) electrons. The molecule has 5 nitrogen and oxygen atoms in total. The molecule has 90 valence electrons. The zero-order valence-electron chi connectivity index (χ0n) is 9.04. The van der Waals surface area contributed by atoms with E-state index in [1.54, 1.807) is 12.1 Å². The van der Waals surface area contributed by atoms with Gasteiger partial charge in [0.15, 0.2) is 17.0 Å². The number of carboxylic acids is 1. The number of nitrogens with zero attached hydrogens (tertiary/aromatic N) is 1. The van der Waals surface area contributed by atoms with E-state index < -0.39 is 11.5 Å². The van der Waals surface area contributed by atoms with Crippen molar-refractivity contribution in [3.05, 3.63) is 23.8 Å². The largest absolute Gasteiger partial charge is 0.504 e. The molecule has 3 N–H and O–H groups in total. The van der Waals surface area contributed by atoms with Crippen LogP contribution in [-0.4, -0.2) is 37.6 Å². The van der Waals surface area contributed by atoms with Crippen LogP contribution < -0.4 is 0 Å². The zero-order valence-corrected chi connectivity index (χ0v) is 9.86. The molecular weight excluding hydrogens is 242 g/mol. The van der Waals surface area contributed by atoms with Crippen LogP contribution in [0.25, 0.3) is 0 Å². The van der Waals surface area contributed by atoms with Gasteiger partial charge in [-0.15, -0.1) is 11.8 Å². The van der Waals surface area contributed by atoms with Crippen molar-refractivity contribution in [1.29, 1.82) is 0 Å². The van der Waals surface area contributed by atoms with E-state index in [0.717, 1.165) is 0 Å². The summed E-state index contributed by atoms with van der Waals surface area (Å²) in [4.78, 5) is 15.1. The lowest BCUT2D eigenvalue weighted by Gasteiger charge is -2.11. The van der Waals surface area contributed by atoms with Crippen molar-refractivity contribution in [2.24, 2.45) is 4.99 Å². The summed E-state index contributed by atoms with van der Waals surface area (Å²) >= 11 is 1.25. The first-order valence-corrected chi connectivity index (χ1v) is 5.90. The summed E-state index contributed by atoms with van der Waals surface area (Å²) in [5, 5.41) is 28.5. The average Bonchev–Trinajstić information content (AvgIpc) is 2.66.